The Morgan fingerprint density at radius 1 is 1.11 bits per heavy atom. The van der Waals surface area contributed by atoms with Crippen molar-refractivity contribution in [2.75, 3.05) is 30.2 Å². The molecule has 0 amide bonds. The van der Waals surface area contributed by atoms with E-state index < -0.39 is 15.7 Å². The Balaban J connectivity index is 1.31. The van der Waals surface area contributed by atoms with Gasteiger partial charge in [0.05, 0.1) is 10.6 Å². The van der Waals surface area contributed by atoms with Crippen molar-refractivity contribution in [1.29, 1.82) is 0 Å². The lowest BCUT2D eigenvalue weighted by atomic mass is 10.0. The van der Waals surface area contributed by atoms with Gasteiger partial charge in [0.1, 0.15) is 17.5 Å². The minimum Gasteiger partial charge on any atom is -0.486 e. The van der Waals surface area contributed by atoms with E-state index in [9.17, 15) is 13.5 Å². The van der Waals surface area contributed by atoms with Crippen LogP contribution < -0.4 is 14.2 Å². The number of hydrogen-bond acceptors (Lipinski definition) is 8. The molecule has 2 aliphatic heterocycles. The molecule has 1 unspecified atom stereocenters. The van der Waals surface area contributed by atoms with Crippen LogP contribution in [0.2, 0.25) is 0 Å². The molecule has 35 heavy (non-hydrogen) atoms. The van der Waals surface area contributed by atoms with Gasteiger partial charge in [-0.2, -0.15) is 0 Å². The summed E-state index contributed by atoms with van der Waals surface area (Å²) in [6, 6.07) is 15.1. The molecular formula is C24H23N3O5S3. The molecule has 1 saturated heterocycles. The van der Waals surface area contributed by atoms with Crippen molar-refractivity contribution in [2.24, 2.45) is 0 Å². The molecule has 3 aromatic rings. The molecule has 182 valence electrons. The van der Waals surface area contributed by atoms with Crippen LogP contribution in [-0.2, 0) is 22.2 Å². The number of rotatable bonds is 7. The van der Waals surface area contributed by atoms with Crippen LogP contribution in [0.15, 0.2) is 71.9 Å². The second-order valence-electron chi connectivity index (χ2n) is 8.12. The van der Waals surface area contributed by atoms with Crippen LogP contribution in [0, 0.1) is 0 Å². The summed E-state index contributed by atoms with van der Waals surface area (Å²) in [4.78, 5) is 6.02. The Morgan fingerprint density at radius 3 is 2.63 bits per heavy atom. The maximum Gasteiger partial charge on any atom is 0.262 e. The van der Waals surface area contributed by atoms with Crippen molar-refractivity contribution >= 4 is 44.0 Å². The third-order valence-corrected chi connectivity index (χ3v) is 8.80. The molecule has 0 saturated carbocycles. The second kappa shape index (κ2) is 9.65. The van der Waals surface area contributed by atoms with E-state index >= 15 is 0 Å². The number of fused-ring (bicyclic) bond motifs is 1. The van der Waals surface area contributed by atoms with Gasteiger partial charge in [0.2, 0.25) is 0 Å². The molecule has 8 nitrogen and oxygen atoms in total. The molecule has 2 aliphatic rings. The van der Waals surface area contributed by atoms with Crippen molar-refractivity contribution in [3.63, 3.8) is 0 Å². The lowest BCUT2D eigenvalue weighted by Gasteiger charge is -2.34. The summed E-state index contributed by atoms with van der Waals surface area (Å²) >= 11 is 6.92. The summed E-state index contributed by atoms with van der Waals surface area (Å²) in [7, 11) is -3.84. The first-order valence-electron chi connectivity index (χ1n) is 10.9. The number of benzene rings is 2. The van der Waals surface area contributed by atoms with E-state index in [0.29, 0.717) is 59.0 Å². The molecule has 0 bridgehead atoms. The van der Waals surface area contributed by atoms with Gasteiger partial charge in [0, 0.05) is 36.3 Å². The number of thioether (sulfide) groups is 1. The third kappa shape index (κ3) is 4.94. The molecule has 0 aliphatic carbocycles. The quantitative estimate of drug-likeness (QED) is 0.446. The lowest BCUT2D eigenvalue weighted by Crippen LogP contribution is -2.45. The fourth-order valence-corrected chi connectivity index (χ4v) is 6.52. The molecule has 1 atom stereocenters. The van der Waals surface area contributed by atoms with Crippen LogP contribution in [0.1, 0.15) is 11.1 Å². The van der Waals surface area contributed by atoms with E-state index in [0.717, 1.165) is 5.56 Å². The van der Waals surface area contributed by atoms with Crippen molar-refractivity contribution < 1.29 is 23.0 Å². The third-order valence-electron chi connectivity index (χ3n) is 5.83. The van der Waals surface area contributed by atoms with E-state index in [1.54, 1.807) is 42.7 Å². The van der Waals surface area contributed by atoms with Crippen LogP contribution in [0.4, 0.5) is 5.69 Å². The molecule has 0 radical (unpaired) electrons. The summed E-state index contributed by atoms with van der Waals surface area (Å²) in [6.07, 6.45) is 4.21. The summed E-state index contributed by atoms with van der Waals surface area (Å²) in [5.74, 6) is 1.31. The highest BCUT2D eigenvalue weighted by molar-refractivity contribution is 8.23. The topological polar surface area (TPSA) is 101 Å². The van der Waals surface area contributed by atoms with E-state index in [-0.39, 0.29) is 4.90 Å². The predicted molar refractivity (Wildman–Crippen MR) is 138 cm³/mol. The van der Waals surface area contributed by atoms with Gasteiger partial charge in [0.15, 0.2) is 17.2 Å². The maximum atomic E-state index is 12.9. The zero-order chi connectivity index (χ0) is 24.5. The van der Waals surface area contributed by atoms with Crippen molar-refractivity contribution in [3.8, 4) is 11.5 Å². The molecule has 11 heteroatoms. The number of sulfonamides is 1. The number of thiocarbonyl (C=S) groups is 1. The average molecular weight is 530 g/mol. The maximum absolute atomic E-state index is 12.9. The van der Waals surface area contributed by atoms with Gasteiger partial charge < -0.3 is 19.5 Å². The van der Waals surface area contributed by atoms with Crippen molar-refractivity contribution in [1.82, 2.24) is 9.88 Å². The molecule has 1 aromatic heterocycles. The fourth-order valence-electron chi connectivity index (χ4n) is 3.98. The minimum atomic E-state index is -3.84. The smallest absolute Gasteiger partial charge is 0.262 e. The molecule has 1 fully saturated rings. The number of ether oxygens (including phenoxy) is 2. The molecule has 2 N–H and O–H groups in total. The zero-order valence-corrected chi connectivity index (χ0v) is 21.0. The van der Waals surface area contributed by atoms with Crippen LogP contribution in [-0.4, -0.2) is 53.2 Å². The first kappa shape index (κ1) is 23.9. The van der Waals surface area contributed by atoms with Gasteiger partial charge in [-0.15, -0.1) is 0 Å². The summed E-state index contributed by atoms with van der Waals surface area (Å²) in [6.45, 7) is 1.34. The highest BCUT2D eigenvalue weighted by atomic mass is 32.2. The number of pyridine rings is 1. The number of aliphatic hydroxyl groups is 1. The molecule has 3 heterocycles. The second-order valence-corrected chi connectivity index (χ2v) is 11.4. The molecule has 2 aromatic carbocycles. The van der Waals surface area contributed by atoms with Crippen LogP contribution in [0.5, 0.6) is 11.5 Å². The van der Waals surface area contributed by atoms with Crippen LogP contribution >= 0.6 is 24.0 Å². The Labute approximate surface area is 213 Å². The molecular weight excluding hydrogens is 506 g/mol. The number of aromatic nitrogens is 1. The van der Waals surface area contributed by atoms with E-state index in [1.807, 2.05) is 17.0 Å². The standard InChI is InChI=1S/C24H23N3O5S3/c28-24(16-34-23(33)27(24)11-9-17-2-1-10-25-15-17)18-3-5-19(6-4-18)26-35(29,30)20-7-8-21-22(14-20)32-13-12-31-21/h1-8,10,14-15,26,28H,9,11-13,16H2. The van der Waals surface area contributed by atoms with Crippen LogP contribution in [0.3, 0.4) is 0 Å². The Morgan fingerprint density at radius 2 is 1.89 bits per heavy atom. The van der Waals surface area contributed by atoms with Gasteiger partial charge in [0.25, 0.3) is 10.0 Å². The van der Waals surface area contributed by atoms with Gasteiger partial charge >= 0.3 is 0 Å². The van der Waals surface area contributed by atoms with E-state index in [1.165, 1.54) is 23.9 Å². The highest BCUT2D eigenvalue weighted by Gasteiger charge is 2.43. The Kier molecular flexibility index (Phi) is 6.58. The van der Waals surface area contributed by atoms with Gasteiger partial charge in [-0.05, 0) is 42.3 Å². The normalized spacial score (nSPS) is 19.6. The zero-order valence-electron chi connectivity index (χ0n) is 18.6. The Bertz CT molecular complexity index is 1340. The molecule has 0 spiro atoms. The average Bonchev–Trinajstić information content (AvgIpc) is 3.17. The number of anilines is 1. The fraction of sp³-hybridized carbons (Fsp3) is 0.250. The minimum absolute atomic E-state index is 0.0728. The van der Waals surface area contributed by atoms with Crippen LogP contribution in [0.25, 0.3) is 0 Å². The van der Waals surface area contributed by atoms with Gasteiger partial charge in [-0.3, -0.25) is 9.71 Å². The molecule has 5 rings (SSSR count). The summed E-state index contributed by atoms with van der Waals surface area (Å²) in [5, 5.41) is 11.5. The first-order chi connectivity index (χ1) is 16.8. The number of hydrogen-bond donors (Lipinski definition) is 2. The van der Waals surface area contributed by atoms with Crippen molar-refractivity contribution in [3.05, 3.63) is 78.1 Å². The summed E-state index contributed by atoms with van der Waals surface area (Å²) in [5.41, 5.74) is 0.788. The van der Waals surface area contributed by atoms with E-state index in [2.05, 4.69) is 9.71 Å². The van der Waals surface area contributed by atoms with E-state index in [4.69, 9.17) is 21.7 Å². The lowest BCUT2D eigenvalue weighted by molar-refractivity contribution is -0.0460. The first-order valence-corrected chi connectivity index (χ1v) is 13.8. The van der Waals surface area contributed by atoms with Gasteiger partial charge in [-0.1, -0.05) is 42.2 Å². The highest BCUT2D eigenvalue weighted by Crippen LogP contribution is 2.39. The number of nitrogens with zero attached hydrogens (tertiary/aromatic N) is 2. The SMILES string of the molecule is O=S(=O)(Nc1ccc(C2(O)CSC(=S)N2CCc2cccnc2)cc1)c1ccc2c(c1)OCCO2. The number of nitrogens with one attached hydrogen (secondary N) is 1. The predicted octanol–water partition coefficient (Wildman–Crippen LogP) is 3.38. The van der Waals surface area contributed by atoms with Gasteiger partial charge in [-0.25, -0.2) is 8.42 Å². The Hall–Kier alpha value is -2.86. The largest absolute Gasteiger partial charge is 0.486 e. The van der Waals surface area contributed by atoms with Crippen molar-refractivity contribution in [2.45, 2.75) is 17.0 Å². The monoisotopic (exact) mass is 529 g/mol. The summed E-state index contributed by atoms with van der Waals surface area (Å²) < 4.78 is 40.0.